The van der Waals surface area contributed by atoms with Gasteiger partial charge in [-0.3, -0.25) is 4.79 Å². The Morgan fingerprint density at radius 3 is 2.50 bits per heavy atom. The summed E-state index contributed by atoms with van der Waals surface area (Å²) in [5.41, 5.74) is 3.73. The van der Waals surface area contributed by atoms with Gasteiger partial charge in [0.25, 0.3) is 5.91 Å². The molecule has 1 N–H and O–H groups in total. The predicted molar refractivity (Wildman–Crippen MR) is 101 cm³/mol. The van der Waals surface area contributed by atoms with E-state index in [0.717, 1.165) is 17.5 Å². The van der Waals surface area contributed by atoms with Crippen molar-refractivity contribution in [3.8, 4) is 0 Å². The van der Waals surface area contributed by atoms with E-state index in [4.69, 9.17) is 4.74 Å². The van der Waals surface area contributed by atoms with Gasteiger partial charge in [-0.05, 0) is 35.1 Å². The second-order valence-electron chi connectivity index (χ2n) is 7.08. The number of aryl methyl sites for hydroxylation is 1. The largest absolute Gasteiger partial charge is 0.448 e. The summed E-state index contributed by atoms with van der Waals surface area (Å²) in [5.74, 6) is -0.454. The molecule has 136 valence electrons. The third-order valence-corrected chi connectivity index (χ3v) is 4.90. The summed E-state index contributed by atoms with van der Waals surface area (Å²) in [7, 11) is 0. The topological polar surface area (TPSA) is 55.4 Å². The fourth-order valence-electron chi connectivity index (χ4n) is 3.32. The molecule has 0 spiro atoms. The van der Waals surface area contributed by atoms with Crippen molar-refractivity contribution < 1.29 is 14.3 Å². The van der Waals surface area contributed by atoms with E-state index in [0.29, 0.717) is 12.0 Å². The van der Waals surface area contributed by atoms with E-state index < -0.39 is 12.1 Å². The van der Waals surface area contributed by atoms with Crippen LogP contribution in [0, 0.1) is 5.92 Å². The van der Waals surface area contributed by atoms with E-state index in [9.17, 15) is 9.59 Å². The lowest BCUT2D eigenvalue weighted by molar-refractivity contribution is -0.131. The lowest BCUT2D eigenvalue weighted by Crippen LogP contribution is -2.44. The van der Waals surface area contributed by atoms with E-state index in [2.05, 4.69) is 50.4 Å². The maximum Gasteiger partial charge on any atom is 0.339 e. The molecule has 4 heteroatoms. The maximum atomic E-state index is 12.8. The van der Waals surface area contributed by atoms with Gasteiger partial charge in [0.15, 0.2) is 6.10 Å². The molecule has 0 saturated heterocycles. The van der Waals surface area contributed by atoms with Crippen molar-refractivity contribution in [1.29, 1.82) is 0 Å². The van der Waals surface area contributed by atoms with Crippen molar-refractivity contribution in [2.24, 2.45) is 5.92 Å². The third-order valence-electron chi connectivity index (χ3n) is 4.90. The van der Waals surface area contributed by atoms with Crippen molar-refractivity contribution in [2.75, 3.05) is 0 Å². The van der Waals surface area contributed by atoms with Gasteiger partial charge in [-0.15, -0.1) is 0 Å². The first-order valence-electron chi connectivity index (χ1n) is 9.17. The van der Waals surface area contributed by atoms with Crippen LogP contribution in [0.4, 0.5) is 0 Å². The molecule has 2 aromatic carbocycles. The first kappa shape index (κ1) is 18.2. The number of esters is 1. The molecule has 1 amide bonds. The molecule has 0 aliphatic carbocycles. The van der Waals surface area contributed by atoms with Gasteiger partial charge in [0.2, 0.25) is 0 Å². The fraction of sp³-hybridized carbons (Fsp3) is 0.364. The fourth-order valence-corrected chi connectivity index (χ4v) is 3.32. The molecule has 0 radical (unpaired) electrons. The van der Waals surface area contributed by atoms with Crippen LogP contribution in [0.2, 0.25) is 0 Å². The number of benzene rings is 2. The van der Waals surface area contributed by atoms with E-state index in [-0.39, 0.29) is 17.9 Å². The Balaban J connectivity index is 1.75. The number of amides is 1. The van der Waals surface area contributed by atoms with Crippen molar-refractivity contribution in [1.82, 2.24) is 5.32 Å². The molecule has 0 fully saturated rings. The van der Waals surface area contributed by atoms with Crippen LogP contribution >= 0.6 is 0 Å². The molecule has 2 atom stereocenters. The molecular weight excluding hydrogens is 326 g/mol. The minimum atomic E-state index is -0.784. The number of rotatable bonds is 5. The maximum absolute atomic E-state index is 12.8. The molecule has 2 aromatic rings. The molecule has 0 aromatic heterocycles. The number of hydrogen-bond acceptors (Lipinski definition) is 3. The van der Waals surface area contributed by atoms with Crippen LogP contribution in [-0.2, 0) is 22.4 Å². The Bertz CT molecular complexity index is 795. The summed E-state index contributed by atoms with van der Waals surface area (Å²) in [4.78, 5) is 24.9. The van der Waals surface area contributed by atoms with Crippen molar-refractivity contribution >= 4 is 11.9 Å². The number of ether oxygens (including phenoxy) is 1. The van der Waals surface area contributed by atoms with Gasteiger partial charge in [0, 0.05) is 6.42 Å². The lowest BCUT2D eigenvalue weighted by atomic mass is 9.93. The van der Waals surface area contributed by atoms with Crippen molar-refractivity contribution in [2.45, 2.75) is 45.8 Å². The summed E-state index contributed by atoms with van der Waals surface area (Å²) in [6.45, 7) is 6.26. The average Bonchev–Trinajstić information content (AvgIpc) is 2.65. The highest BCUT2D eigenvalue weighted by Gasteiger charge is 2.32. The standard InChI is InChI=1S/C22H25NO3/c1-4-15-9-11-16(12-10-15)20(14(2)3)23-21(24)19-13-17-7-5-6-8-18(17)22(25)26-19/h5-12,14,19-20H,4,13H2,1-3H3,(H,23,24)/t19-,20-/m0/s1. The van der Waals surface area contributed by atoms with Crippen molar-refractivity contribution in [3.63, 3.8) is 0 Å². The van der Waals surface area contributed by atoms with Crippen LogP contribution in [0.25, 0.3) is 0 Å². The number of cyclic esters (lactones) is 1. The van der Waals surface area contributed by atoms with Crippen LogP contribution < -0.4 is 5.32 Å². The summed E-state index contributed by atoms with van der Waals surface area (Å²) < 4.78 is 5.38. The number of fused-ring (bicyclic) bond motifs is 1. The lowest BCUT2D eigenvalue weighted by Gasteiger charge is -2.28. The highest BCUT2D eigenvalue weighted by molar-refractivity contribution is 5.95. The second kappa shape index (κ2) is 7.73. The minimum Gasteiger partial charge on any atom is -0.448 e. The van der Waals surface area contributed by atoms with Gasteiger partial charge in [-0.1, -0.05) is 63.2 Å². The van der Waals surface area contributed by atoms with Gasteiger partial charge >= 0.3 is 5.97 Å². The smallest absolute Gasteiger partial charge is 0.339 e. The van der Waals surface area contributed by atoms with E-state index in [1.165, 1.54) is 5.56 Å². The van der Waals surface area contributed by atoms with E-state index in [1.807, 2.05) is 12.1 Å². The van der Waals surface area contributed by atoms with Gasteiger partial charge in [-0.25, -0.2) is 4.79 Å². The van der Waals surface area contributed by atoms with Gasteiger partial charge < -0.3 is 10.1 Å². The average molecular weight is 351 g/mol. The molecule has 0 saturated carbocycles. The molecule has 1 heterocycles. The molecule has 0 bridgehead atoms. The van der Waals surface area contributed by atoms with E-state index in [1.54, 1.807) is 12.1 Å². The summed E-state index contributed by atoms with van der Waals surface area (Å²) in [5, 5.41) is 3.08. The van der Waals surface area contributed by atoms with Gasteiger partial charge in [0.05, 0.1) is 11.6 Å². The molecule has 3 rings (SSSR count). The molecule has 1 aliphatic heterocycles. The van der Waals surface area contributed by atoms with Crippen LogP contribution in [0.1, 0.15) is 53.9 Å². The SMILES string of the molecule is CCc1ccc([C@@H](NC(=O)[C@@H]2Cc3ccccc3C(=O)O2)C(C)C)cc1. The molecule has 26 heavy (non-hydrogen) atoms. The number of carbonyl (C=O) groups excluding carboxylic acids is 2. The van der Waals surface area contributed by atoms with Gasteiger partial charge in [0.1, 0.15) is 0 Å². The van der Waals surface area contributed by atoms with Crippen molar-refractivity contribution in [3.05, 3.63) is 70.8 Å². The highest BCUT2D eigenvalue weighted by Crippen LogP contribution is 2.25. The molecule has 4 nitrogen and oxygen atoms in total. The zero-order valence-corrected chi connectivity index (χ0v) is 15.5. The monoisotopic (exact) mass is 351 g/mol. The third kappa shape index (κ3) is 3.79. The van der Waals surface area contributed by atoms with Crippen LogP contribution in [0.5, 0.6) is 0 Å². The van der Waals surface area contributed by atoms with Gasteiger partial charge in [-0.2, -0.15) is 0 Å². The Kier molecular flexibility index (Phi) is 5.40. The van der Waals surface area contributed by atoms with Crippen LogP contribution in [0.15, 0.2) is 48.5 Å². The van der Waals surface area contributed by atoms with E-state index >= 15 is 0 Å². The summed E-state index contributed by atoms with van der Waals surface area (Å²) in [6.07, 6.45) is 0.609. The second-order valence-corrected chi connectivity index (χ2v) is 7.08. The Morgan fingerprint density at radius 1 is 1.15 bits per heavy atom. The Labute approximate surface area is 154 Å². The number of carbonyl (C=O) groups is 2. The summed E-state index contributed by atoms with van der Waals surface area (Å²) in [6, 6.07) is 15.5. The molecule has 0 unspecified atom stereocenters. The quantitative estimate of drug-likeness (QED) is 0.833. The summed E-state index contributed by atoms with van der Waals surface area (Å²) >= 11 is 0. The zero-order valence-electron chi connectivity index (χ0n) is 15.5. The number of hydrogen-bond donors (Lipinski definition) is 1. The number of nitrogens with one attached hydrogen (secondary N) is 1. The Hall–Kier alpha value is -2.62. The van der Waals surface area contributed by atoms with Crippen LogP contribution in [0.3, 0.4) is 0 Å². The minimum absolute atomic E-state index is 0.121. The zero-order chi connectivity index (χ0) is 18.7. The highest BCUT2D eigenvalue weighted by atomic mass is 16.5. The van der Waals surface area contributed by atoms with Crippen LogP contribution in [-0.4, -0.2) is 18.0 Å². The first-order valence-corrected chi connectivity index (χ1v) is 9.17. The first-order chi connectivity index (χ1) is 12.5. The normalized spacial score (nSPS) is 17.4. The Morgan fingerprint density at radius 2 is 1.85 bits per heavy atom. The predicted octanol–water partition coefficient (Wildman–Crippen LogP) is 3.84. The molecule has 1 aliphatic rings. The molecular formula is C22H25NO3.